The number of hydrogen-bond acceptors (Lipinski definition) is 6. The minimum atomic E-state index is -0.944. The average Bonchev–Trinajstić information content (AvgIpc) is 3.30. The van der Waals surface area contributed by atoms with E-state index in [1.165, 1.54) is 4.90 Å². The van der Waals surface area contributed by atoms with Gasteiger partial charge in [0.15, 0.2) is 0 Å². The van der Waals surface area contributed by atoms with E-state index in [1.54, 1.807) is 60.6 Å². The Morgan fingerprint density at radius 2 is 1.92 bits per heavy atom. The zero-order chi connectivity index (χ0) is 25.5. The third kappa shape index (κ3) is 5.68. The van der Waals surface area contributed by atoms with Gasteiger partial charge < -0.3 is 10.1 Å². The summed E-state index contributed by atoms with van der Waals surface area (Å²) in [7, 11) is 1.56. The Balaban J connectivity index is 1.76. The molecule has 0 aliphatic rings. The van der Waals surface area contributed by atoms with E-state index in [1.807, 2.05) is 24.3 Å². The first-order chi connectivity index (χ1) is 17.5. The van der Waals surface area contributed by atoms with E-state index in [0.29, 0.717) is 35.0 Å². The molecule has 0 aliphatic heterocycles. The average molecular weight is 487 g/mol. The first kappa shape index (κ1) is 24.8. The maximum atomic E-state index is 14.0. The molecule has 0 spiro atoms. The number of pyridine rings is 1. The molecule has 4 aromatic rings. The molecule has 4 rings (SSSR count). The van der Waals surface area contributed by atoms with Crippen molar-refractivity contribution in [3.63, 3.8) is 0 Å². The summed E-state index contributed by atoms with van der Waals surface area (Å²) >= 11 is 0. The third-order valence-corrected chi connectivity index (χ3v) is 5.83. The molecular weight excluding hydrogens is 456 g/mol. The molecule has 1 atom stereocenters. The minimum absolute atomic E-state index is 0.103. The number of hydrogen-bond donors (Lipinski definition) is 1. The summed E-state index contributed by atoms with van der Waals surface area (Å²) in [4.78, 5) is 33.3. The van der Waals surface area contributed by atoms with Crippen molar-refractivity contribution < 1.29 is 14.3 Å². The lowest BCUT2D eigenvalue weighted by Crippen LogP contribution is -2.45. The smallest absolute Gasteiger partial charge is 0.249 e. The number of para-hydroxylation sites is 1. The highest BCUT2D eigenvalue weighted by Crippen LogP contribution is 2.30. The highest BCUT2D eigenvalue weighted by atomic mass is 16.5. The van der Waals surface area contributed by atoms with Crippen molar-refractivity contribution in [2.75, 3.05) is 18.6 Å². The Hall–Kier alpha value is -4.27. The monoisotopic (exact) mass is 486 g/mol. The van der Waals surface area contributed by atoms with Crippen LogP contribution in [0.1, 0.15) is 31.9 Å². The molecule has 0 saturated carbocycles. The lowest BCUT2D eigenvalue weighted by Gasteiger charge is -2.31. The van der Waals surface area contributed by atoms with Gasteiger partial charge in [-0.1, -0.05) is 43.3 Å². The summed E-state index contributed by atoms with van der Waals surface area (Å²) in [5.41, 5.74) is 2.54. The Bertz CT molecular complexity index is 1320. The highest BCUT2D eigenvalue weighted by molar-refractivity contribution is 6.01. The number of aromatic nitrogens is 4. The van der Waals surface area contributed by atoms with Crippen LogP contribution in [0.4, 0.5) is 5.69 Å². The lowest BCUT2D eigenvalue weighted by atomic mass is 10.0. The molecule has 0 fully saturated rings. The van der Waals surface area contributed by atoms with Crippen LogP contribution in [0.2, 0.25) is 0 Å². The molecule has 1 N–H and O–H groups in total. The Kier molecular flexibility index (Phi) is 7.89. The van der Waals surface area contributed by atoms with E-state index in [9.17, 15) is 9.59 Å². The normalized spacial score (nSPS) is 11.9. The maximum absolute atomic E-state index is 14.0. The van der Waals surface area contributed by atoms with Gasteiger partial charge in [0.1, 0.15) is 23.9 Å². The van der Waals surface area contributed by atoms with Gasteiger partial charge in [-0.15, -0.1) is 5.10 Å². The minimum Gasteiger partial charge on any atom is -0.497 e. The predicted octanol–water partition coefficient (Wildman–Crippen LogP) is 3.77. The second-order valence-electron chi connectivity index (χ2n) is 8.86. The fourth-order valence-corrected chi connectivity index (χ4v) is 3.97. The number of fused-ring (bicyclic) bond motifs is 1. The van der Waals surface area contributed by atoms with Crippen molar-refractivity contribution in [3.8, 4) is 5.75 Å². The molecule has 0 unspecified atom stereocenters. The predicted molar refractivity (Wildman–Crippen MR) is 137 cm³/mol. The van der Waals surface area contributed by atoms with Gasteiger partial charge in [0.25, 0.3) is 0 Å². The van der Waals surface area contributed by atoms with Gasteiger partial charge in [0.05, 0.1) is 12.6 Å². The quantitative estimate of drug-likeness (QED) is 0.366. The van der Waals surface area contributed by atoms with E-state index in [2.05, 4.69) is 34.5 Å². The summed E-state index contributed by atoms with van der Waals surface area (Å²) in [6, 6.07) is 17.1. The van der Waals surface area contributed by atoms with E-state index < -0.39 is 6.04 Å². The van der Waals surface area contributed by atoms with Crippen LogP contribution in [0.5, 0.6) is 5.75 Å². The fraction of sp³-hybridized carbons (Fsp3) is 0.296. The standard InChI is InChI=1S/C27H30N6O3/c1-19(2)13-15-29-27(35)26(20-8-7-14-28-17-20)33(21-9-6-10-22(16-21)36-3)25(34)18-32-24-12-5-4-11-23(24)30-31-32/h4-12,14,16-17,19,26H,13,15,18H2,1-3H3,(H,29,35)/t26-/m1/s1. The number of ether oxygens (including phenoxy) is 1. The van der Waals surface area contributed by atoms with Gasteiger partial charge in [-0.05, 0) is 42.7 Å². The van der Waals surface area contributed by atoms with E-state index >= 15 is 0 Å². The van der Waals surface area contributed by atoms with Gasteiger partial charge >= 0.3 is 0 Å². The number of anilines is 1. The number of rotatable bonds is 10. The van der Waals surface area contributed by atoms with Crippen LogP contribution >= 0.6 is 0 Å². The molecule has 2 heterocycles. The van der Waals surface area contributed by atoms with Gasteiger partial charge in [0.2, 0.25) is 11.8 Å². The van der Waals surface area contributed by atoms with Crippen LogP contribution in [0.15, 0.2) is 73.1 Å². The largest absolute Gasteiger partial charge is 0.497 e. The summed E-state index contributed by atoms with van der Waals surface area (Å²) in [5.74, 6) is 0.385. The molecule has 0 radical (unpaired) electrons. The first-order valence-electron chi connectivity index (χ1n) is 11.9. The molecule has 2 amide bonds. The molecule has 2 aromatic carbocycles. The van der Waals surface area contributed by atoms with Crippen LogP contribution in [-0.4, -0.2) is 45.4 Å². The molecular formula is C27H30N6O3. The Labute approximate surface area is 210 Å². The second-order valence-corrected chi connectivity index (χ2v) is 8.86. The number of benzene rings is 2. The van der Waals surface area contributed by atoms with E-state index in [-0.39, 0.29) is 18.4 Å². The van der Waals surface area contributed by atoms with Crippen LogP contribution < -0.4 is 15.0 Å². The molecule has 2 aromatic heterocycles. The van der Waals surface area contributed by atoms with Crippen molar-refractivity contribution >= 4 is 28.5 Å². The van der Waals surface area contributed by atoms with Crippen LogP contribution in [0, 0.1) is 5.92 Å². The van der Waals surface area contributed by atoms with Crippen molar-refractivity contribution in [2.45, 2.75) is 32.9 Å². The van der Waals surface area contributed by atoms with Crippen LogP contribution in [-0.2, 0) is 16.1 Å². The van der Waals surface area contributed by atoms with Gasteiger partial charge in [-0.3, -0.25) is 19.5 Å². The summed E-state index contributed by atoms with van der Waals surface area (Å²) < 4.78 is 6.95. The zero-order valence-electron chi connectivity index (χ0n) is 20.7. The second kappa shape index (κ2) is 11.4. The van der Waals surface area contributed by atoms with Gasteiger partial charge in [0, 0.05) is 36.3 Å². The molecule has 0 bridgehead atoms. The number of methoxy groups -OCH3 is 1. The molecule has 186 valence electrons. The summed E-state index contributed by atoms with van der Waals surface area (Å²) in [6.07, 6.45) is 4.07. The van der Waals surface area contributed by atoms with E-state index in [4.69, 9.17) is 4.74 Å². The maximum Gasteiger partial charge on any atom is 0.249 e. The van der Waals surface area contributed by atoms with Crippen LogP contribution in [0.3, 0.4) is 0 Å². The molecule has 0 aliphatic carbocycles. The molecule has 36 heavy (non-hydrogen) atoms. The van der Waals surface area contributed by atoms with Crippen LogP contribution in [0.25, 0.3) is 11.0 Å². The summed E-state index contributed by atoms with van der Waals surface area (Å²) in [6.45, 7) is 4.59. The number of amides is 2. The molecule has 9 heteroatoms. The number of nitrogens with one attached hydrogen (secondary N) is 1. The number of carbonyl (C=O) groups excluding carboxylic acids is 2. The van der Waals surface area contributed by atoms with E-state index in [0.717, 1.165) is 11.9 Å². The molecule has 9 nitrogen and oxygen atoms in total. The van der Waals surface area contributed by atoms with Gasteiger partial charge in [-0.2, -0.15) is 0 Å². The number of carbonyl (C=O) groups is 2. The number of nitrogens with zero attached hydrogens (tertiary/aromatic N) is 5. The first-order valence-corrected chi connectivity index (χ1v) is 11.9. The lowest BCUT2D eigenvalue weighted by molar-refractivity contribution is -0.127. The third-order valence-electron chi connectivity index (χ3n) is 5.83. The topological polar surface area (TPSA) is 102 Å². The highest BCUT2D eigenvalue weighted by Gasteiger charge is 2.33. The van der Waals surface area contributed by atoms with Crippen molar-refractivity contribution in [3.05, 3.63) is 78.6 Å². The Morgan fingerprint density at radius 1 is 1.08 bits per heavy atom. The zero-order valence-corrected chi connectivity index (χ0v) is 20.7. The van der Waals surface area contributed by atoms with Crippen molar-refractivity contribution in [1.29, 1.82) is 0 Å². The molecule has 0 saturated heterocycles. The van der Waals surface area contributed by atoms with Gasteiger partial charge in [-0.25, -0.2) is 4.68 Å². The van der Waals surface area contributed by atoms with Crippen molar-refractivity contribution in [2.24, 2.45) is 5.92 Å². The SMILES string of the molecule is COc1cccc(N(C(=O)Cn2nnc3ccccc32)[C@@H](C(=O)NCCC(C)C)c2cccnc2)c1. The van der Waals surface area contributed by atoms with Crippen molar-refractivity contribution in [1.82, 2.24) is 25.3 Å². The Morgan fingerprint density at radius 3 is 2.67 bits per heavy atom. The fourth-order valence-electron chi connectivity index (χ4n) is 3.97. The summed E-state index contributed by atoms with van der Waals surface area (Å²) in [5, 5.41) is 11.3.